The summed E-state index contributed by atoms with van der Waals surface area (Å²) in [6.07, 6.45) is 2.02. The summed E-state index contributed by atoms with van der Waals surface area (Å²) in [5.74, 6) is 0. The number of rotatable bonds is 19. The fraction of sp³-hybridized carbons (Fsp3) is 0.188. The molecule has 0 aliphatic carbocycles. The number of allylic oxidation sites excluding steroid dienone is 2. The third-order valence-corrected chi connectivity index (χ3v) is 10.4. The SMILES string of the molecule is CCCCCCc1ccc(/C=C/c2ccnc(-c3cc(C(F)(F)F)n[n-]3)c2)s1.O=CO/C=C(/c1ccnc(-c2cc(/C=C/OC=O)cc(-c3cc(/C(=C/OC=O)C(F)(F)F)ccn3)n2)c1)C(F)(F)F.[N-]=C=S.[Ru+2]. The van der Waals surface area contributed by atoms with Gasteiger partial charge in [0.25, 0.3) is 19.4 Å². The second kappa shape index (κ2) is 29.3. The Labute approximate surface area is 432 Å². The molecule has 0 aromatic carbocycles. The average Bonchev–Trinajstić information content (AvgIpc) is 4.04. The molecular weight excluding hydrogens is 1110 g/mol. The normalized spacial score (nSPS) is 11.9. The minimum atomic E-state index is -4.92. The molecule has 0 atom stereocenters. The molecule has 382 valence electrons. The van der Waals surface area contributed by atoms with Gasteiger partial charge in [0.15, 0.2) is 0 Å². The molecule has 6 aromatic rings. The van der Waals surface area contributed by atoms with Gasteiger partial charge in [0.2, 0.25) is 0 Å². The first kappa shape index (κ1) is 60.0. The second-order valence-corrected chi connectivity index (χ2v) is 15.6. The maximum absolute atomic E-state index is 13.6. The second-order valence-electron chi connectivity index (χ2n) is 14.2. The number of hydrogen-bond donors (Lipinski definition) is 0. The van der Waals surface area contributed by atoms with Crippen LogP contribution in [0.5, 0.6) is 0 Å². The van der Waals surface area contributed by atoms with Crippen molar-refractivity contribution in [1.29, 1.82) is 0 Å². The Bertz CT molecular complexity index is 2830. The number of hydrogen-bond acceptors (Lipinski definition) is 13. The molecule has 73 heavy (non-hydrogen) atoms. The quantitative estimate of drug-likeness (QED) is 0.0109. The molecule has 0 saturated heterocycles. The van der Waals surface area contributed by atoms with Crippen LogP contribution in [0.3, 0.4) is 0 Å². The summed E-state index contributed by atoms with van der Waals surface area (Å²) in [5.41, 5.74) is -3.21. The molecule has 0 N–H and O–H groups in total. The van der Waals surface area contributed by atoms with Crippen LogP contribution in [0.4, 0.5) is 39.5 Å². The molecular formula is C48H36F9N7O6RuS2. The number of aryl methyl sites for hydroxylation is 1. The average molecular weight is 1140 g/mol. The van der Waals surface area contributed by atoms with Gasteiger partial charge in [-0.25, -0.2) is 4.98 Å². The van der Waals surface area contributed by atoms with Gasteiger partial charge in [-0.15, -0.1) is 11.3 Å². The monoisotopic (exact) mass is 1140 g/mol. The topological polar surface area (TPSA) is 180 Å². The van der Waals surface area contributed by atoms with Crippen molar-refractivity contribution >= 4 is 77.5 Å². The van der Waals surface area contributed by atoms with Gasteiger partial charge < -0.3 is 29.8 Å². The molecule has 6 aromatic heterocycles. The van der Waals surface area contributed by atoms with Crippen molar-refractivity contribution in [1.82, 2.24) is 30.1 Å². The Balaban J connectivity index is 0.000000382. The third-order valence-electron chi connectivity index (χ3n) is 9.28. The fourth-order valence-corrected chi connectivity index (χ4v) is 7.05. The molecule has 25 heteroatoms. The van der Waals surface area contributed by atoms with Crippen molar-refractivity contribution in [2.45, 2.75) is 57.6 Å². The standard InChI is InChI=1S/C26H15F6N3O6.C21H21F3N3S.CNS.Ru/c27-25(28,29)19(11-40-14-37)17-1-4-33-21(9-17)23-7-16(3-6-39-13-36)8-24(35-23)22-10-18(2-5-34-22)20(12-41-15-38)26(30,31)32;1-2-3-4-5-6-16-9-10-17(28-16)8-7-15-11-12-25-18(13-15)19-14-20(27-26-19)21(22,23)24;2-1-3;/h1-15H;7-14H,2-6H2,1H3;;/q;2*-1;+2/b6-3+,19-11-,20-12-;8-7+;;. The van der Waals surface area contributed by atoms with E-state index in [1.807, 2.05) is 12.2 Å². The molecule has 0 unspecified atom stereocenters. The maximum atomic E-state index is 13.6. The number of carbonyl (C=O) groups is 3. The van der Waals surface area contributed by atoms with Crippen molar-refractivity contribution in [2.24, 2.45) is 0 Å². The number of unbranched alkanes of at least 4 members (excludes halogenated alkanes) is 3. The molecule has 0 fully saturated rings. The summed E-state index contributed by atoms with van der Waals surface area (Å²) < 4.78 is 132. The van der Waals surface area contributed by atoms with Gasteiger partial charge >= 0.3 is 38.0 Å². The number of carbonyl (C=O) groups excluding carboxylic acids is 3. The first-order valence-corrected chi connectivity index (χ1v) is 21.8. The van der Waals surface area contributed by atoms with Crippen LogP contribution in [0.2, 0.25) is 0 Å². The molecule has 0 saturated carbocycles. The first-order valence-electron chi connectivity index (χ1n) is 20.6. The molecule has 0 amide bonds. The largest absolute Gasteiger partial charge is 2.00 e. The first-order chi connectivity index (χ1) is 34.3. The van der Waals surface area contributed by atoms with E-state index < -0.39 is 46.5 Å². The summed E-state index contributed by atoms with van der Waals surface area (Å²) in [5, 5.41) is 15.3. The molecule has 0 bridgehead atoms. The number of pyridine rings is 4. The van der Waals surface area contributed by atoms with Gasteiger partial charge in [0, 0.05) is 34.0 Å². The van der Waals surface area contributed by atoms with Gasteiger partial charge in [-0.05, 0) is 114 Å². The maximum Gasteiger partial charge on any atom is 2.00 e. The predicted molar refractivity (Wildman–Crippen MR) is 252 cm³/mol. The summed E-state index contributed by atoms with van der Waals surface area (Å²) >= 11 is 5.47. The van der Waals surface area contributed by atoms with Crippen LogP contribution in [0.1, 0.15) is 70.3 Å². The van der Waals surface area contributed by atoms with E-state index in [2.05, 4.69) is 75.6 Å². The molecule has 0 radical (unpaired) electrons. The molecule has 0 aliphatic rings. The van der Waals surface area contributed by atoms with Crippen molar-refractivity contribution in [3.8, 4) is 34.2 Å². The van der Waals surface area contributed by atoms with Crippen LogP contribution in [-0.2, 0) is 60.7 Å². The third kappa shape index (κ3) is 19.3. The minimum absolute atomic E-state index is 0. The summed E-state index contributed by atoms with van der Waals surface area (Å²) in [6, 6.07) is 15.4. The Hall–Kier alpha value is -7.33. The summed E-state index contributed by atoms with van der Waals surface area (Å²) in [6.45, 7) is 1.95. The Kier molecular flexibility index (Phi) is 24.0. The van der Waals surface area contributed by atoms with Crippen molar-refractivity contribution < 1.29 is 87.6 Å². The van der Waals surface area contributed by atoms with E-state index in [0.29, 0.717) is 5.69 Å². The Morgan fingerprint density at radius 3 is 1.71 bits per heavy atom. The van der Waals surface area contributed by atoms with Crippen LogP contribution in [-0.4, -0.2) is 62.0 Å². The van der Waals surface area contributed by atoms with E-state index in [-0.39, 0.29) is 85.5 Å². The van der Waals surface area contributed by atoms with E-state index in [1.54, 1.807) is 29.7 Å². The van der Waals surface area contributed by atoms with Gasteiger partial charge in [-0.2, -0.15) is 44.7 Å². The number of aromatic nitrogens is 6. The van der Waals surface area contributed by atoms with Gasteiger partial charge in [0.1, 0.15) is 18.2 Å². The van der Waals surface area contributed by atoms with Gasteiger partial charge in [-0.1, -0.05) is 50.2 Å². The fourth-order valence-electron chi connectivity index (χ4n) is 6.10. The summed E-state index contributed by atoms with van der Waals surface area (Å²) in [7, 11) is 0. The molecule has 6 rings (SSSR count). The van der Waals surface area contributed by atoms with E-state index in [4.69, 9.17) is 5.41 Å². The number of nitrogens with zero attached hydrogens (tertiary/aromatic N) is 7. The number of alkyl halides is 9. The number of ether oxygens (including phenoxy) is 3. The molecule has 6 heterocycles. The van der Waals surface area contributed by atoms with E-state index in [0.717, 1.165) is 65.8 Å². The molecule has 0 spiro atoms. The van der Waals surface area contributed by atoms with Crippen LogP contribution in [0.25, 0.3) is 68.9 Å². The zero-order chi connectivity index (χ0) is 52.7. The Morgan fingerprint density at radius 2 is 1.21 bits per heavy atom. The molecule has 0 aliphatic heterocycles. The van der Waals surface area contributed by atoms with Gasteiger partial charge in [0.05, 0.1) is 40.2 Å². The number of halogens is 9. The zero-order valence-corrected chi connectivity index (χ0v) is 40.8. The van der Waals surface area contributed by atoms with Crippen LogP contribution < -0.4 is 5.10 Å². The van der Waals surface area contributed by atoms with E-state index in [1.165, 1.54) is 53.9 Å². The predicted octanol–water partition coefficient (Wildman–Crippen LogP) is 12.6. The zero-order valence-electron chi connectivity index (χ0n) is 37.5. The van der Waals surface area contributed by atoms with Crippen LogP contribution >= 0.6 is 23.6 Å². The Morgan fingerprint density at radius 1 is 0.671 bits per heavy atom. The van der Waals surface area contributed by atoms with Crippen LogP contribution in [0.15, 0.2) is 104 Å². The van der Waals surface area contributed by atoms with Gasteiger partial charge in [-0.3, -0.25) is 29.3 Å². The van der Waals surface area contributed by atoms with Crippen molar-refractivity contribution in [3.05, 3.63) is 147 Å². The minimum Gasteiger partial charge on any atom is -0.753 e. The number of isothiocyanates is 1. The van der Waals surface area contributed by atoms with Crippen molar-refractivity contribution in [2.75, 3.05) is 0 Å². The number of thiophene rings is 1. The van der Waals surface area contributed by atoms with Crippen LogP contribution in [0, 0.1) is 0 Å². The van der Waals surface area contributed by atoms with E-state index in [9.17, 15) is 53.9 Å². The summed E-state index contributed by atoms with van der Waals surface area (Å²) in [4.78, 5) is 50.4. The van der Waals surface area contributed by atoms with Crippen molar-refractivity contribution in [3.63, 3.8) is 0 Å². The number of thiocarbonyl (C=S) groups is 1. The van der Waals surface area contributed by atoms with E-state index >= 15 is 0 Å². The molecule has 13 nitrogen and oxygen atoms in total. The smallest absolute Gasteiger partial charge is 0.753 e.